The third-order valence-corrected chi connectivity index (χ3v) is 0. The van der Waals surface area contributed by atoms with E-state index in [-0.39, 0.29) is 287 Å². The molecule has 0 atom stereocenters. The summed E-state index contributed by atoms with van der Waals surface area (Å²) < 4.78 is 0. The minimum absolute atomic E-state index is 0. The van der Waals surface area contributed by atoms with Gasteiger partial charge in [-0.15, -0.1) is 0 Å². The summed E-state index contributed by atoms with van der Waals surface area (Å²) in [6, 6.07) is 0. The van der Waals surface area contributed by atoms with Crippen LogP contribution in [-0.2, 0) is 134 Å². The molecule has 0 aromatic rings. The second-order valence-corrected chi connectivity index (χ2v) is 0. The molecule has 11 heteroatoms. The topological polar surface area (TPSA) is 85.5 Å². The van der Waals surface area contributed by atoms with Gasteiger partial charge in [-0.1, -0.05) is 0 Å². The Morgan fingerprint density at radius 1 is 0.455 bits per heavy atom. The second kappa shape index (κ2) is 76.2. The van der Waals surface area contributed by atoms with Gasteiger partial charge in [0.05, 0.1) is 0 Å². The van der Waals surface area contributed by atoms with Crippen molar-refractivity contribution >= 4 is 0 Å². The molecular weight excluding hydrogens is 975 g/mol. The molecule has 0 bridgehead atoms. The fraction of sp³-hybridized carbons (Fsp3) is 0. The van der Waals surface area contributed by atoms with Crippen molar-refractivity contribution < 1.29 is 287 Å². The number of rotatable bonds is 0. The minimum atomic E-state index is 0. The SMILES string of the molecule is [La].[La].[Nd+3].[Nd+3].[O-2].[O-2].[O-2].[Y].[Y].[Zr].[Zr]. The Kier molecular flexibility index (Phi) is 620. The van der Waals surface area contributed by atoms with Crippen LogP contribution in [0.1, 0.15) is 0 Å². The molecule has 0 amide bonds. The van der Waals surface area contributed by atoms with E-state index in [0.29, 0.717) is 0 Å². The van der Waals surface area contributed by atoms with Gasteiger partial charge in [0.1, 0.15) is 0 Å². The Morgan fingerprint density at radius 2 is 0.455 bits per heavy atom. The quantitative estimate of drug-likeness (QED) is 0.318. The van der Waals surface area contributed by atoms with Gasteiger partial charge < -0.3 is 16.4 Å². The molecule has 0 heterocycles. The van der Waals surface area contributed by atoms with Crippen molar-refractivity contribution in [3.8, 4) is 0 Å². The zero-order valence-electron chi connectivity index (χ0n) is 5.53. The zero-order chi connectivity index (χ0) is 0. The van der Waals surface area contributed by atoms with E-state index in [1.54, 1.807) is 0 Å². The molecule has 0 rings (SSSR count). The summed E-state index contributed by atoms with van der Waals surface area (Å²) in [5.74, 6) is 0. The van der Waals surface area contributed by atoms with Gasteiger partial charge in [0, 0.05) is 189 Å². The van der Waals surface area contributed by atoms with Crippen LogP contribution in [0.25, 0.3) is 0 Å². The molecule has 0 aliphatic heterocycles. The molecular formula is La2Nd2O3Y2Zr2. The number of hydrogen-bond acceptors (Lipinski definition) is 0. The van der Waals surface area contributed by atoms with Gasteiger partial charge in [-0.3, -0.25) is 0 Å². The molecule has 11 heavy (non-hydrogen) atoms. The van der Waals surface area contributed by atoms with E-state index in [1.165, 1.54) is 0 Å². The van der Waals surface area contributed by atoms with Crippen molar-refractivity contribution in [1.29, 1.82) is 0 Å². The van der Waals surface area contributed by atoms with E-state index >= 15 is 0 Å². The van der Waals surface area contributed by atoms with Crippen LogP contribution in [0.2, 0.25) is 0 Å². The molecule has 0 fully saturated rings. The first kappa shape index (κ1) is 89.5. The molecule has 0 aromatic heterocycles. The fourth-order valence-electron chi connectivity index (χ4n) is 0. The van der Waals surface area contributed by atoms with E-state index in [1.807, 2.05) is 0 Å². The van der Waals surface area contributed by atoms with Gasteiger partial charge in [0.15, 0.2) is 0 Å². The average Bonchev–Trinajstić information content (AvgIpc) is 0. The maximum Gasteiger partial charge on any atom is 3.00 e. The molecule has 0 aromatic carbocycles. The Morgan fingerprint density at radius 3 is 0.455 bits per heavy atom. The van der Waals surface area contributed by atoms with Crippen LogP contribution < -0.4 is 0 Å². The van der Waals surface area contributed by atoms with Crippen LogP contribution in [0.4, 0.5) is 0 Å². The Hall–Kier alpha value is 8.94. The maximum atomic E-state index is 0. The predicted molar refractivity (Wildman–Crippen MR) is 2.06 cm³/mol. The summed E-state index contributed by atoms with van der Waals surface area (Å²) in [4.78, 5) is 0. The average molecular weight is 975 g/mol. The van der Waals surface area contributed by atoms with Crippen LogP contribution in [0.5, 0.6) is 0 Å². The van der Waals surface area contributed by atoms with Crippen molar-refractivity contribution in [2.45, 2.75) is 0 Å². The first-order valence-corrected chi connectivity index (χ1v) is 0. The van der Waals surface area contributed by atoms with E-state index in [0.717, 1.165) is 0 Å². The molecule has 0 saturated carbocycles. The first-order valence-electron chi connectivity index (χ1n) is 0. The van der Waals surface area contributed by atoms with Crippen LogP contribution in [-0.4, -0.2) is 0 Å². The van der Waals surface area contributed by atoms with Gasteiger partial charge in [-0.25, -0.2) is 0 Å². The van der Waals surface area contributed by atoms with Gasteiger partial charge in [0.2, 0.25) is 0 Å². The molecule has 46 valence electrons. The summed E-state index contributed by atoms with van der Waals surface area (Å²) in [5, 5.41) is 0. The summed E-state index contributed by atoms with van der Waals surface area (Å²) >= 11 is 0. The smallest absolute Gasteiger partial charge is 2.00 e. The summed E-state index contributed by atoms with van der Waals surface area (Å²) in [5.41, 5.74) is 0. The number of hydrogen-bond donors (Lipinski definition) is 0. The Balaban J connectivity index is 0. The standard InChI is InChI=1S/2La.2Nd.3O.2Y.2Zr/q;;2*+3;3*-2;;;;. The Bertz CT molecular complexity index is 25.3. The van der Waals surface area contributed by atoms with E-state index < -0.39 is 0 Å². The third kappa shape index (κ3) is 68.0. The molecule has 0 N–H and O–H groups in total. The van der Waals surface area contributed by atoms with Crippen molar-refractivity contribution in [3.63, 3.8) is 0 Å². The predicted octanol–water partition coefficient (Wildman–Crippen LogP) is -0.366. The fourth-order valence-corrected chi connectivity index (χ4v) is 0. The van der Waals surface area contributed by atoms with E-state index in [2.05, 4.69) is 0 Å². The largest absolute Gasteiger partial charge is 3.00 e. The van der Waals surface area contributed by atoms with Gasteiger partial charge in [0.25, 0.3) is 0 Å². The zero-order valence-corrected chi connectivity index (χ0v) is 29.8. The normalized spacial score (nSPS) is 0. The maximum absolute atomic E-state index is 0. The van der Waals surface area contributed by atoms with E-state index in [9.17, 15) is 0 Å². The van der Waals surface area contributed by atoms with Crippen LogP contribution in [0.15, 0.2) is 0 Å². The van der Waals surface area contributed by atoms with Crippen molar-refractivity contribution in [2.24, 2.45) is 0 Å². The second-order valence-electron chi connectivity index (χ2n) is 0. The van der Waals surface area contributed by atoms with Crippen LogP contribution in [0.3, 0.4) is 0 Å². The summed E-state index contributed by atoms with van der Waals surface area (Å²) in [7, 11) is 0. The molecule has 0 unspecified atom stereocenters. The van der Waals surface area contributed by atoms with Crippen molar-refractivity contribution in [2.75, 3.05) is 0 Å². The van der Waals surface area contributed by atoms with Crippen molar-refractivity contribution in [3.05, 3.63) is 0 Å². The molecule has 0 saturated heterocycles. The van der Waals surface area contributed by atoms with E-state index in [4.69, 9.17) is 0 Å². The Labute approximate surface area is 277 Å². The van der Waals surface area contributed by atoms with Crippen LogP contribution >= 0.6 is 0 Å². The van der Waals surface area contributed by atoms with Crippen LogP contribution in [0, 0.1) is 153 Å². The minimum Gasteiger partial charge on any atom is -2.00 e. The van der Waals surface area contributed by atoms with Crippen molar-refractivity contribution in [1.82, 2.24) is 0 Å². The van der Waals surface area contributed by atoms with Gasteiger partial charge >= 0.3 is 81.7 Å². The summed E-state index contributed by atoms with van der Waals surface area (Å²) in [6.45, 7) is 0. The molecule has 3 nitrogen and oxygen atoms in total. The third-order valence-electron chi connectivity index (χ3n) is 0. The van der Waals surface area contributed by atoms with Gasteiger partial charge in [-0.05, 0) is 0 Å². The molecule has 0 aliphatic rings. The summed E-state index contributed by atoms with van der Waals surface area (Å²) in [6.07, 6.45) is 0. The molecule has 0 aliphatic carbocycles. The molecule has 6 radical (unpaired) electrons. The first-order chi connectivity index (χ1) is 0. The monoisotopic (exact) mass is 967 g/mol. The molecule has 0 spiro atoms. The van der Waals surface area contributed by atoms with Gasteiger partial charge in [-0.2, -0.15) is 0 Å².